The first-order chi connectivity index (χ1) is 20.2. The third-order valence-electron chi connectivity index (χ3n) is 7.61. The number of thiocarbonyl (C=S) groups is 1. The summed E-state index contributed by atoms with van der Waals surface area (Å²) in [5.41, 5.74) is 3.68. The summed E-state index contributed by atoms with van der Waals surface area (Å²) in [6, 6.07) is 14.6. The highest BCUT2D eigenvalue weighted by Gasteiger charge is 2.42. The van der Waals surface area contributed by atoms with Crippen molar-refractivity contribution in [1.82, 2.24) is 9.47 Å². The molecule has 0 bridgehead atoms. The van der Waals surface area contributed by atoms with Gasteiger partial charge in [-0.1, -0.05) is 36.5 Å². The molecule has 214 valence electrons. The summed E-state index contributed by atoms with van der Waals surface area (Å²) in [4.78, 5) is 53.7. The van der Waals surface area contributed by atoms with Crippen molar-refractivity contribution in [3.8, 4) is 0 Å². The molecule has 1 saturated carbocycles. The Labute approximate surface area is 258 Å². The van der Waals surface area contributed by atoms with Crippen LogP contribution in [0, 0.1) is 6.26 Å². The third kappa shape index (κ3) is 5.08. The number of carbonyl (C=O) groups excluding carboxylic acids is 1. The lowest BCUT2D eigenvalue weighted by molar-refractivity contribution is -0.140. The van der Waals surface area contributed by atoms with Crippen molar-refractivity contribution in [3.05, 3.63) is 79.4 Å². The fraction of sp³-hybridized carbons (Fsp3) is 0.241. The van der Waals surface area contributed by atoms with Crippen LogP contribution in [0.1, 0.15) is 36.3 Å². The van der Waals surface area contributed by atoms with Crippen molar-refractivity contribution in [2.45, 2.75) is 42.7 Å². The Bertz CT molecular complexity index is 1830. The number of nitrogens with zero attached hydrogens (tertiary/aromatic N) is 3. The molecule has 3 aliphatic rings. The summed E-state index contributed by atoms with van der Waals surface area (Å²) in [5.74, 6) is -2.79. The Kier molecular flexibility index (Phi) is 7.77. The molecule has 0 spiro atoms. The molecule has 9 nitrogen and oxygen atoms in total. The summed E-state index contributed by atoms with van der Waals surface area (Å²) in [5, 5.41) is 18.7. The van der Waals surface area contributed by atoms with Gasteiger partial charge in [-0.3, -0.25) is 28.6 Å². The number of carboxylic acids is 2. The number of amides is 1. The lowest BCUT2D eigenvalue weighted by Gasteiger charge is -2.27. The quantitative estimate of drug-likeness (QED) is 0.295. The zero-order valence-corrected chi connectivity index (χ0v) is 25.2. The minimum absolute atomic E-state index is 0.0383. The van der Waals surface area contributed by atoms with Gasteiger partial charge in [0.25, 0.3) is 11.5 Å². The van der Waals surface area contributed by atoms with Crippen LogP contribution in [0.15, 0.2) is 52.2 Å². The summed E-state index contributed by atoms with van der Waals surface area (Å²) < 4.78 is 1.48. The van der Waals surface area contributed by atoms with E-state index in [2.05, 4.69) is 29.2 Å². The van der Waals surface area contributed by atoms with Gasteiger partial charge in [0.15, 0.2) is 0 Å². The van der Waals surface area contributed by atoms with Gasteiger partial charge in [0.1, 0.15) is 27.0 Å². The topological polar surface area (TPSA) is 120 Å². The smallest absolute Gasteiger partial charge is 0.323 e. The van der Waals surface area contributed by atoms with Crippen LogP contribution >= 0.6 is 47.1 Å². The molecule has 2 unspecified atom stereocenters. The second-order valence-electron chi connectivity index (χ2n) is 10.1. The zero-order chi connectivity index (χ0) is 29.7. The van der Waals surface area contributed by atoms with E-state index in [9.17, 15) is 24.3 Å². The van der Waals surface area contributed by atoms with E-state index < -0.39 is 36.5 Å². The number of benzene rings is 2. The molecule has 3 aromatic rings. The number of thiazole rings is 1. The second kappa shape index (κ2) is 11.4. The van der Waals surface area contributed by atoms with Crippen LogP contribution in [0.25, 0.3) is 11.0 Å². The molecule has 13 heteroatoms. The lowest BCUT2D eigenvalue weighted by Crippen LogP contribution is -2.36. The second-order valence-corrected chi connectivity index (χ2v) is 13.5. The average molecular weight is 638 g/mol. The first-order valence-corrected chi connectivity index (χ1v) is 15.9. The molecular formula is C29H23N3O6S4. The molecule has 2 aromatic carbocycles. The monoisotopic (exact) mass is 637 g/mol. The molecule has 1 aliphatic carbocycles. The third-order valence-corrected chi connectivity index (χ3v) is 10.8. The van der Waals surface area contributed by atoms with E-state index >= 15 is 0 Å². The number of rotatable bonds is 7. The van der Waals surface area contributed by atoms with Crippen LogP contribution < -0.4 is 19.7 Å². The van der Waals surface area contributed by atoms with Crippen LogP contribution in [0.5, 0.6) is 0 Å². The summed E-state index contributed by atoms with van der Waals surface area (Å²) in [6.07, 6.45) is 10.7. The maximum Gasteiger partial charge on any atom is 0.323 e. The maximum absolute atomic E-state index is 13.4. The molecule has 2 aliphatic heterocycles. The Balaban J connectivity index is 1.44. The normalized spacial score (nSPS) is 21.3. The van der Waals surface area contributed by atoms with Crippen molar-refractivity contribution in [3.63, 3.8) is 0 Å². The van der Waals surface area contributed by atoms with Crippen molar-refractivity contribution in [2.75, 3.05) is 11.4 Å². The molecular weight excluding hydrogens is 615 g/mol. The largest absolute Gasteiger partial charge is 0.480 e. The zero-order valence-electron chi connectivity index (χ0n) is 21.9. The number of thioether (sulfide) groups is 2. The lowest BCUT2D eigenvalue weighted by atomic mass is 9.96. The molecule has 2 radical (unpaired) electrons. The van der Waals surface area contributed by atoms with E-state index in [-0.39, 0.29) is 18.4 Å². The molecule has 2 N–H and O–H groups in total. The van der Waals surface area contributed by atoms with Crippen LogP contribution in [-0.2, 0) is 20.9 Å². The van der Waals surface area contributed by atoms with Gasteiger partial charge in [0.2, 0.25) is 0 Å². The first-order valence-electron chi connectivity index (χ1n) is 13.0. The van der Waals surface area contributed by atoms with Crippen LogP contribution in [-0.4, -0.2) is 54.4 Å². The molecule has 6 rings (SSSR count). The minimum atomic E-state index is -1.24. The number of carboxylic acid groups (broad SMARTS) is 2. The van der Waals surface area contributed by atoms with E-state index in [4.69, 9.17) is 23.6 Å². The predicted molar refractivity (Wildman–Crippen MR) is 168 cm³/mol. The van der Waals surface area contributed by atoms with Gasteiger partial charge in [-0.05, 0) is 66.4 Å². The van der Waals surface area contributed by atoms with Gasteiger partial charge in [-0.25, -0.2) is 0 Å². The molecule has 1 amide bonds. The molecule has 1 saturated heterocycles. The maximum atomic E-state index is 13.4. The number of aromatic nitrogens is 1. The summed E-state index contributed by atoms with van der Waals surface area (Å²) in [6.45, 7) is -1.27. The highest BCUT2D eigenvalue weighted by molar-refractivity contribution is 8.30. The molecule has 2 atom stereocenters. The molecule has 1 aromatic heterocycles. The average Bonchev–Trinajstić information content (AvgIpc) is 3.69. The van der Waals surface area contributed by atoms with Crippen molar-refractivity contribution < 1.29 is 24.6 Å². The summed E-state index contributed by atoms with van der Waals surface area (Å²) in [7, 11) is 0. The van der Waals surface area contributed by atoms with Crippen molar-refractivity contribution in [2.24, 2.45) is 0 Å². The molecule has 2 fully saturated rings. The van der Waals surface area contributed by atoms with Gasteiger partial charge in [-0.15, -0.1) is 23.1 Å². The molecule has 42 heavy (non-hydrogen) atoms. The van der Waals surface area contributed by atoms with Crippen molar-refractivity contribution in [1.29, 1.82) is 0 Å². The number of hydrogen-bond donors (Lipinski definition) is 2. The van der Waals surface area contributed by atoms with Gasteiger partial charge in [0, 0.05) is 34.5 Å². The molecule has 3 heterocycles. The number of hydrogen-bond acceptors (Lipinski definition) is 9. The standard InChI is InChI=1S/C29H23N3O6S4/c1-40-17-8-6-16(7-9-17)32-20-4-2-3-18(20)19-11-15(5-10-21(19)32)12-22-26(37)30(13-23(33)34)28(41-22)25-27(38)31(14-24(35)36)29(39)42-25/h1,5-12,18,20H,2-4,13-14H2,(H,33,34)(H,35,36)/b22-12-,28-25+. The fourth-order valence-corrected chi connectivity index (χ4v) is 8.71. The Morgan fingerprint density at radius 1 is 1.07 bits per heavy atom. The van der Waals surface area contributed by atoms with E-state index in [1.165, 1.54) is 17.3 Å². The van der Waals surface area contributed by atoms with Gasteiger partial charge >= 0.3 is 11.9 Å². The van der Waals surface area contributed by atoms with Crippen molar-refractivity contribution >= 4 is 91.6 Å². The first kappa shape index (κ1) is 28.7. The highest BCUT2D eigenvalue weighted by atomic mass is 32.2. The van der Waals surface area contributed by atoms with Gasteiger partial charge < -0.3 is 15.1 Å². The van der Waals surface area contributed by atoms with Gasteiger partial charge in [0.05, 0.1) is 4.53 Å². The number of carbonyl (C=O) groups is 3. The van der Waals surface area contributed by atoms with Crippen LogP contribution in [0.2, 0.25) is 0 Å². The summed E-state index contributed by atoms with van der Waals surface area (Å²) >= 11 is 8.27. The van der Waals surface area contributed by atoms with E-state index in [0.717, 1.165) is 73.7 Å². The van der Waals surface area contributed by atoms with E-state index in [1.54, 1.807) is 6.08 Å². The van der Waals surface area contributed by atoms with E-state index in [0.29, 0.717) is 12.0 Å². The highest BCUT2D eigenvalue weighted by Crippen LogP contribution is 2.52. The fourth-order valence-electron chi connectivity index (χ4n) is 5.90. The Morgan fingerprint density at radius 2 is 1.81 bits per heavy atom. The number of anilines is 2. The number of aliphatic carboxylic acids is 2. The van der Waals surface area contributed by atoms with Crippen LogP contribution in [0.3, 0.4) is 0 Å². The Hall–Kier alpha value is -3.39. The minimum Gasteiger partial charge on any atom is -0.480 e. The SMILES string of the molecule is [CH]Sc1ccc(N2c3ccc(/C=c4\s/c(=C5/SC(=S)N(CC(=O)O)C5=O)n(CC(=O)O)c4=O)cc3C3CCCC32)cc1. The van der Waals surface area contributed by atoms with Crippen LogP contribution in [0.4, 0.5) is 11.4 Å². The van der Waals surface area contributed by atoms with E-state index in [1.807, 2.05) is 18.2 Å². The predicted octanol–water partition coefficient (Wildman–Crippen LogP) is 3.42. The number of fused-ring (bicyclic) bond motifs is 3. The van der Waals surface area contributed by atoms with Gasteiger partial charge in [-0.2, -0.15) is 0 Å². The Morgan fingerprint density at radius 3 is 2.50 bits per heavy atom.